The highest BCUT2D eigenvalue weighted by molar-refractivity contribution is 6.30. The van der Waals surface area contributed by atoms with Crippen LogP contribution in [0.4, 0.5) is 0 Å². The fraction of sp³-hybridized carbons (Fsp3) is 0.300. The number of likely N-dealkylation sites (tertiary alicyclic amines) is 1. The number of benzene rings is 1. The number of Topliss-reactive ketones (excluding diaryl/α,β-unsaturated/α-hetero) is 1. The predicted molar refractivity (Wildman–Crippen MR) is 51.8 cm³/mol. The van der Waals surface area contributed by atoms with Crippen LogP contribution in [0.2, 0.25) is 5.02 Å². The molecule has 1 fully saturated rings. The van der Waals surface area contributed by atoms with Crippen LogP contribution >= 0.6 is 11.6 Å². The Morgan fingerprint density at radius 1 is 1.38 bits per heavy atom. The average Bonchev–Trinajstić information content (AvgIpc) is 2.09. The van der Waals surface area contributed by atoms with Gasteiger partial charge in [0.05, 0.1) is 12.6 Å². The highest BCUT2D eigenvalue weighted by Crippen LogP contribution is 2.28. The summed E-state index contributed by atoms with van der Waals surface area (Å²) in [6.07, 6.45) is 0. The molecule has 1 aliphatic rings. The lowest BCUT2D eigenvalue weighted by atomic mass is 9.94. The molecule has 1 aliphatic heterocycles. The Bertz CT molecular complexity index is 333. The molecule has 0 spiro atoms. The topological polar surface area (TPSA) is 20.3 Å². The van der Waals surface area contributed by atoms with Gasteiger partial charge in [0.25, 0.3) is 0 Å². The highest BCUT2D eigenvalue weighted by Gasteiger charge is 2.34. The zero-order chi connectivity index (χ0) is 9.42. The molecular formula is C10H10ClNO. The first-order chi connectivity index (χ1) is 6.18. The Kier molecular flexibility index (Phi) is 2.10. The molecule has 1 heterocycles. The lowest BCUT2D eigenvalue weighted by Crippen LogP contribution is -2.47. The van der Waals surface area contributed by atoms with E-state index in [1.54, 1.807) is 0 Å². The summed E-state index contributed by atoms with van der Waals surface area (Å²) >= 11 is 5.75. The van der Waals surface area contributed by atoms with E-state index in [1.165, 1.54) is 0 Å². The van der Waals surface area contributed by atoms with Crippen LogP contribution < -0.4 is 0 Å². The van der Waals surface area contributed by atoms with Gasteiger partial charge in [-0.3, -0.25) is 9.69 Å². The van der Waals surface area contributed by atoms with Crippen LogP contribution in [0.25, 0.3) is 0 Å². The molecule has 3 heteroatoms. The third kappa shape index (κ3) is 1.47. The van der Waals surface area contributed by atoms with E-state index in [2.05, 4.69) is 0 Å². The Morgan fingerprint density at radius 2 is 2.00 bits per heavy atom. The third-order valence-electron chi connectivity index (χ3n) is 2.34. The SMILES string of the molecule is CN1CC(=O)C1c1ccc(Cl)cc1. The summed E-state index contributed by atoms with van der Waals surface area (Å²) in [5, 5.41) is 0.707. The van der Waals surface area contributed by atoms with Crippen LogP contribution in [0, 0.1) is 0 Å². The second kappa shape index (κ2) is 3.13. The average molecular weight is 196 g/mol. The van der Waals surface area contributed by atoms with Crippen LogP contribution in [-0.4, -0.2) is 24.3 Å². The summed E-state index contributed by atoms with van der Waals surface area (Å²) in [7, 11) is 1.95. The quantitative estimate of drug-likeness (QED) is 0.682. The van der Waals surface area contributed by atoms with E-state index in [0.717, 1.165) is 5.56 Å². The monoisotopic (exact) mass is 195 g/mol. The molecule has 0 saturated carbocycles. The smallest absolute Gasteiger partial charge is 0.168 e. The van der Waals surface area contributed by atoms with Gasteiger partial charge < -0.3 is 0 Å². The second-order valence-corrected chi connectivity index (χ2v) is 3.77. The molecule has 0 radical (unpaired) electrons. The van der Waals surface area contributed by atoms with E-state index < -0.39 is 0 Å². The van der Waals surface area contributed by atoms with Crippen molar-refractivity contribution in [3.63, 3.8) is 0 Å². The molecule has 68 valence electrons. The molecule has 1 saturated heterocycles. The van der Waals surface area contributed by atoms with Crippen LogP contribution in [0.5, 0.6) is 0 Å². The van der Waals surface area contributed by atoms with Gasteiger partial charge in [0, 0.05) is 5.02 Å². The van der Waals surface area contributed by atoms with Gasteiger partial charge in [0.15, 0.2) is 5.78 Å². The maximum atomic E-state index is 11.3. The van der Waals surface area contributed by atoms with Gasteiger partial charge in [-0.2, -0.15) is 0 Å². The van der Waals surface area contributed by atoms with Gasteiger partial charge in [-0.05, 0) is 24.7 Å². The van der Waals surface area contributed by atoms with Crippen molar-refractivity contribution in [2.24, 2.45) is 0 Å². The van der Waals surface area contributed by atoms with Gasteiger partial charge in [-0.1, -0.05) is 23.7 Å². The van der Waals surface area contributed by atoms with E-state index in [4.69, 9.17) is 11.6 Å². The Hall–Kier alpha value is -0.860. The molecule has 0 bridgehead atoms. The number of halogens is 1. The van der Waals surface area contributed by atoms with Gasteiger partial charge in [-0.15, -0.1) is 0 Å². The van der Waals surface area contributed by atoms with Crippen molar-refractivity contribution >= 4 is 17.4 Å². The number of carbonyl (C=O) groups excluding carboxylic acids is 1. The summed E-state index contributed by atoms with van der Waals surface area (Å²) in [5.74, 6) is 0.282. The molecule has 13 heavy (non-hydrogen) atoms. The second-order valence-electron chi connectivity index (χ2n) is 3.34. The van der Waals surface area contributed by atoms with Gasteiger partial charge in [0.1, 0.15) is 0 Å². The Balaban J connectivity index is 2.25. The van der Waals surface area contributed by atoms with E-state index in [0.29, 0.717) is 11.6 Å². The maximum Gasteiger partial charge on any atom is 0.168 e. The molecule has 0 N–H and O–H groups in total. The largest absolute Gasteiger partial charge is 0.296 e. The number of likely N-dealkylation sites (N-methyl/N-ethyl adjacent to an activating group) is 1. The maximum absolute atomic E-state index is 11.3. The van der Waals surface area contributed by atoms with Gasteiger partial charge in [0.2, 0.25) is 0 Å². The molecule has 1 unspecified atom stereocenters. The van der Waals surface area contributed by atoms with E-state index in [-0.39, 0.29) is 11.8 Å². The summed E-state index contributed by atoms with van der Waals surface area (Å²) in [5.41, 5.74) is 1.03. The van der Waals surface area contributed by atoms with Crippen molar-refractivity contribution in [1.29, 1.82) is 0 Å². The summed E-state index contributed by atoms with van der Waals surface area (Å²) in [4.78, 5) is 13.3. The first-order valence-electron chi connectivity index (χ1n) is 4.17. The number of rotatable bonds is 1. The van der Waals surface area contributed by atoms with Crippen LogP contribution in [0.3, 0.4) is 0 Å². The molecule has 2 nitrogen and oxygen atoms in total. The molecule has 1 aromatic carbocycles. The molecule has 1 aromatic rings. The van der Waals surface area contributed by atoms with Crippen LogP contribution in [0.15, 0.2) is 24.3 Å². The lowest BCUT2D eigenvalue weighted by Gasteiger charge is -2.36. The number of ketones is 1. The summed E-state index contributed by atoms with van der Waals surface area (Å²) < 4.78 is 0. The van der Waals surface area contributed by atoms with Crippen molar-refractivity contribution in [1.82, 2.24) is 4.90 Å². The van der Waals surface area contributed by atoms with Gasteiger partial charge in [-0.25, -0.2) is 0 Å². The lowest BCUT2D eigenvalue weighted by molar-refractivity contribution is -0.134. The molecule has 0 amide bonds. The molecule has 0 aliphatic carbocycles. The van der Waals surface area contributed by atoms with Crippen LogP contribution in [0.1, 0.15) is 11.6 Å². The Morgan fingerprint density at radius 3 is 2.46 bits per heavy atom. The molecule has 1 atom stereocenters. The number of nitrogens with zero attached hydrogens (tertiary/aromatic N) is 1. The minimum atomic E-state index is -0.0442. The number of hydrogen-bond donors (Lipinski definition) is 0. The van der Waals surface area contributed by atoms with Crippen LogP contribution in [-0.2, 0) is 4.79 Å². The standard InChI is InChI=1S/C10H10ClNO/c1-12-6-9(13)10(12)7-2-4-8(11)5-3-7/h2-5,10H,6H2,1H3. The molecule has 0 aromatic heterocycles. The minimum absolute atomic E-state index is 0.0442. The molecule has 2 rings (SSSR count). The van der Waals surface area contributed by atoms with Gasteiger partial charge >= 0.3 is 0 Å². The normalized spacial score (nSPS) is 22.9. The Labute approximate surface area is 82.1 Å². The van der Waals surface area contributed by atoms with E-state index in [1.807, 2.05) is 36.2 Å². The third-order valence-corrected chi connectivity index (χ3v) is 2.59. The first-order valence-corrected chi connectivity index (χ1v) is 4.54. The van der Waals surface area contributed by atoms with Crippen molar-refractivity contribution in [3.05, 3.63) is 34.9 Å². The van der Waals surface area contributed by atoms with Crippen molar-refractivity contribution in [3.8, 4) is 0 Å². The van der Waals surface area contributed by atoms with Crippen molar-refractivity contribution in [2.45, 2.75) is 6.04 Å². The molecular weight excluding hydrogens is 186 g/mol. The van der Waals surface area contributed by atoms with E-state index >= 15 is 0 Å². The fourth-order valence-electron chi connectivity index (χ4n) is 1.64. The summed E-state index contributed by atoms with van der Waals surface area (Å²) in [6, 6.07) is 7.39. The highest BCUT2D eigenvalue weighted by atomic mass is 35.5. The van der Waals surface area contributed by atoms with Crippen molar-refractivity contribution < 1.29 is 4.79 Å². The van der Waals surface area contributed by atoms with Crippen molar-refractivity contribution in [2.75, 3.05) is 13.6 Å². The number of hydrogen-bond acceptors (Lipinski definition) is 2. The fourth-order valence-corrected chi connectivity index (χ4v) is 1.77. The first kappa shape index (κ1) is 8.73. The number of carbonyl (C=O) groups is 1. The minimum Gasteiger partial charge on any atom is -0.296 e. The zero-order valence-corrected chi connectivity index (χ0v) is 8.08. The zero-order valence-electron chi connectivity index (χ0n) is 7.33. The van der Waals surface area contributed by atoms with E-state index in [9.17, 15) is 4.79 Å². The summed E-state index contributed by atoms with van der Waals surface area (Å²) in [6.45, 7) is 0.563. The predicted octanol–water partition coefficient (Wildman–Crippen LogP) is 1.90.